The molecule has 0 saturated carbocycles. The number of hydrogen-bond acceptors (Lipinski definition) is 6. The van der Waals surface area contributed by atoms with Gasteiger partial charge in [-0.2, -0.15) is 0 Å². The Morgan fingerprint density at radius 2 is 1.77 bits per heavy atom. The molecule has 0 unspecified atom stereocenters. The van der Waals surface area contributed by atoms with Crippen molar-refractivity contribution < 1.29 is 30.8 Å². The van der Waals surface area contributed by atoms with E-state index in [0.29, 0.717) is 11.4 Å². The number of carbonyl (C=O) groups is 1. The number of rotatable bonds is 7. The Hall–Kier alpha value is -2.50. The number of ether oxygens (including phenoxy) is 1. The molecule has 2 aromatic rings. The third-order valence-electron chi connectivity index (χ3n) is 4.48. The molecule has 30 heavy (non-hydrogen) atoms. The van der Waals surface area contributed by atoms with Crippen molar-refractivity contribution in [1.29, 1.82) is 0 Å². The predicted molar refractivity (Wildman–Crippen MR) is 109 cm³/mol. The van der Waals surface area contributed by atoms with E-state index < -0.39 is 43.7 Å². The van der Waals surface area contributed by atoms with E-state index in [4.69, 9.17) is 4.74 Å². The summed E-state index contributed by atoms with van der Waals surface area (Å²) in [6.45, 7) is 1.52. The van der Waals surface area contributed by atoms with Gasteiger partial charge in [-0.05, 0) is 61.9 Å². The molecular formula is C19H21FN2O6S2. The molecule has 11 heteroatoms. The summed E-state index contributed by atoms with van der Waals surface area (Å²) in [4.78, 5) is 12.2. The van der Waals surface area contributed by atoms with Gasteiger partial charge in [0.05, 0.1) is 16.4 Å². The summed E-state index contributed by atoms with van der Waals surface area (Å²) in [7, 11) is -7.09. The molecule has 2 N–H and O–H groups in total. The monoisotopic (exact) mass is 456 g/mol. The summed E-state index contributed by atoms with van der Waals surface area (Å²) >= 11 is 0. The number of anilines is 1. The lowest BCUT2D eigenvalue weighted by Crippen LogP contribution is -2.35. The fourth-order valence-corrected chi connectivity index (χ4v) is 5.96. The van der Waals surface area contributed by atoms with Gasteiger partial charge < -0.3 is 10.1 Å². The van der Waals surface area contributed by atoms with E-state index in [1.165, 1.54) is 55.5 Å². The lowest BCUT2D eigenvalue weighted by Gasteiger charge is -2.15. The Morgan fingerprint density at radius 1 is 1.13 bits per heavy atom. The second-order valence-electron chi connectivity index (χ2n) is 6.95. The van der Waals surface area contributed by atoms with Crippen molar-refractivity contribution in [1.82, 2.24) is 4.72 Å². The molecular weight excluding hydrogens is 435 g/mol. The molecule has 1 amide bonds. The number of hydrogen-bond donors (Lipinski definition) is 2. The van der Waals surface area contributed by atoms with Crippen molar-refractivity contribution >= 4 is 31.5 Å². The molecule has 0 aliphatic carbocycles. The van der Waals surface area contributed by atoms with Crippen LogP contribution in [-0.4, -0.2) is 46.4 Å². The normalized spacial score (nSPS) is 19.2. The van der Waals surface area contributed by atoms with Crippen LogP contribution in [0.15, 0.2) is 53.4 Å². The van der Waals surface area contributed by atoms with Crippen molar-refractivity contribution in [3.8, 4) is 5.75 Å². The number of carbonyl (C=O) groups excluding carboxylic acids is 1. The SMILES string of the molecule is C[C@@H](Oc1ccc(F)cc1)C(=O)Nc1ccc(S(=O)(=O)N[C@H]2CCS(=O)(=O)C2)cc1. The maximum absolute atomic E-state index is 12.9. The minimum atomic E-state index is -3.88. The summed E-state index contributed by atoms with van der Waals surface area (Å²) in [5, 5.41) is 2.60. The van der Waals surface area contributed by atoms with Gasteiger partial charge in [0.2, 0.25) is 10.0 Å². The molecule has 1 aliphatic heterocycles. The van der Waals surface area contributed by atoms with Crippen molar-refractivity contribution in [3.63, 3.8) is 0 Å². The van der Waals surface area contributed by atoms with Crippen molar-refractivity contribution in [2.75, 3.05) is 16.8 Å². The molecule has 0 aromatic heterocycles. The van der Waals surface area contributed by atoms with Crippen LogP contribution in [0.25, 0.3) is 0 Å². The van der Waals surface area contributed by atoms with Gasteiger partial charge in [0.1, 0.15) is 11.6 Å². The Morgan fingerprint density at radius 3 is 2.33 bits per heavy atom. The van der Waals surface area contributed by atoms with Gasteiger partial charge in [-0.3, -0.25) is 4.79 Å². The van der Waals surface area contributed by atoms with Crippen LogP contribution in [0.2, 0.25) is 0 Å². The van der Waals surface area contributed by atoms with Crippen LogP contribution in [0, 0.1) is 5.82 Å². The molecule has 0 bridgehead atoms. The Balaban J connectivity index is 1.59. The number of amides is 1. The molecule has 8 nitrogen and oxygen atoms in total. The van der Waals surface area contributed by atoms with E-state index in [9.17, 15) is 26.0 Å². The molecule has 2 atom stereocenters. The van der Waals surface area contributed by atoms with Crippen LogP contribution >= 0.6 is 0 Å². The number of halogens is 1. The van der Waals surface area contributed by atoms with Gasteiger partial charge in [0.15, 0.2) is 15.9 Å². The first-order valence-corrected chi connectivity index (χ1v) is 12.4. The van der Waals surface area contributed by atoms with Crippen molar-refractivity contribution in [2.24, 2.45) is 0 Å². The van der Waals surface area contributed by atoms with E-state index >= 15 is 0 Å². The molecule has 1 aliphatic rings. The molecule has 1 saturated heterocycles. The zero-order chi connectivity index (χ0) is 21.9. The minimum absolute atomic E-state index is 0.0384. The summed E-state index contributed by atoms with van der Waals surface area (Å²) in [5.74, 6) is -0.807. The van der Waals surface area contributed by atoms with Gasteiger partial charge in [-0.15, -0.1) is 0 Å². The molecule has 162 valence electrons. The molecule has 0 spiro atoms. The minimum Gasteiger partial charge on any atom is -0.481 e. The Bertz CT molecular complexity index is 1120. The van der Waals surface area contributed by atoms with Crippen LogP contribution in [0.1, 0.15) is 13.3 Å². The Kier molecular flexibility index (Phi) is 6.44. The quantitative estimate of drug-likeness (QED) is 0.655. The largest absolute Gasteiger partial charge is 0.481 e. The average molecular weight is 457 g/mol. The van der Waals surface area contributed by atoms with E-state index in [1.54, 1.807) is 0 Å². The zero-order valence-corrected chi connectivity index (χ0v) is 17.7. The topological polar surface area (TPSA) is 119 Å². The van der Waals surface area contributed by atoms with E-state index in [2.05, 4.69) is 10.0 Å². The highest BCUT2D eigenvalue weighted by Gasteiger charge is 2.31. The maximum atomic E-state index is 12.9. The molecule has 1 heterocycles. The van der Waals surface area contributed by atoms with Crippen molar-refractivity contribution in [2.45, 2.75) is 30.4 Å². The van der Waals surface area contributed by atoms with Crippen molar-refractivity contribution in [3.05, 3.63) is 54.3 Å². The van der Waals surface area contributed by atoms with Crippen LogP contribution < -0.4 is 14.8 Å². The van der Waals surface area contributed by atoms with Gasteiger partial charge in [0.25, 0.3) is 5.91 Å². The smallest absolute Gasteiger partial charge is 0.265 e. The van der Waals surface area contributed by atoms with E-state index in [1.807, 2.05) is 0 Å². The first kappa shape index (κ1) is 22.2. The summed E-state index contributed by atoms with van der Waals surface area (Å²) in [5.41, 5.74) is 0.358. The van der Waals surface area contributed by atoms with Crippen LogP contribution in [0.5, 0.6) is 5.75 Å². The number of sulfone groups is 1. The number of nitrogens with one attached hydrogen (secondary N) is 2. The zero-order valence-electron chi connectivity index (χ0n) is 16.0. The standard InChI is InChI=1S/C19H21FN2O6S2/c1-13(28-17-6-2-14(20)3-7-17)19(23)21-15-4-8-18(9-5-15)30(26,27)22-16-10-11-29(24,25)12-16/h2-9,13,16,22H,10-12H2,1H3,(H,21,23)/t13-,16+/m1/s1. The fraction of sp³-hybridized carbons (Fsp3) is 0.316. The molecule has 0 radical (unpaired) electrons. The first-order valence-electron chi connectivity index (χ1n) is 9.10. The van der Waals surface area contributed by atoms with Gasteiger partial charge in [-0.1, -0.05) is 0 Å². The number of benzene rings is 2. The maximum Gasteiger partial charge on any atom is 0.265 e. The molecule has 1 fully saturated rings. The van der Waals surface area contributed by atoms with Crippen LogP contribution in [0.4, 0.5) is 10.1 Å². The van der Waals surface area contributed by atoms with Crippen LogP contribution in [0.3, 0.4) is 0 Å². The van der Waals surface area contributed by atoms with Crippen LogP contribution in [-0.2, 0) is 24.7 Å². The highest BCUT2D eigenvalue weighted by molar-refractivity contribution is 7.92. The lowest BCUT2D eigenvalue weighted by atomic mass is 10.3. The summed E-state index contributed by atoms with van der Waals surface area (Å²) in [6, 6.07) is 10.1. The van der Waals surface area contributed by atoms with Gasteiger partial charge in [0, 0.05) is 11.7 Å². The first-order chi connectivity index (χ1) is 14.0. The Labute approximate surface area is 174 Å². The predicted octanol–water partition coefficient (Wildman–Crippen LogP) is 1.70. The average Bonchev–Trinajstić information content (AvgIpc) is 3.01. The van der Waals surface area contributed by atoms with Gasteiger partial charge in [-0.25, -0.2) is 25.9 Å². The van der Waals surface area contributed by atoms with E-state index in [-0.39, 0.29) is 22.8 Å². The third kappa shape index (κ3) is 5.77. The second-order valence-corrected chi connectivity index (χ2v) is 10.9. The fourth-order valence-electron chi connectivity index (χ4n) is 2.91. The highest BCUT2D eigenvalue weighted by atomic mass is 32.2. The molecule has 3 rings (SSSR count). The lowest BCUT2D eigenvalue weighted by molar-refractivity contribution is -0.122. The molecule has 2 aromatic carbocycles. The second kappa shape index (κ2) is 8.70. The van der Waals surface area contributed by atoms with E-state index in [0.717, 1.165) is 0 Å². The highest BCUT2D eigenvalue weighted by Crippen LogP contribution is 2.19. The summed E-state index contributed by atoms with van der Waals surface area (Å²) < 4.78 is 68.6. The summed E-state index contributed by atoms with van der Waals surface area (Å²) in [6.07, 6.45) is -0.633. The third-order valence-corrected chi connectivity index (χ3v) is 7.79. The van der Waals surface area contributed by atoms with Gasteiger partial charge >= 0.3 is 0 Å². The number of sulfonamides is 1.